The summed E-state index contributed by atoms with van der Waals surface area (Å²) < 4.78 is 25.0. The first-order chi connectivity index (χ1) is 27.8. The van der Waals surface area contributed by atoms with E-state index in [9.17, 15) is 5.11 Å². The average molecular weight is 771 g/mol. The van der Waals surface area contributed by atoms with Gasteiger partial charge in [-0.1, -0.05) is 24.3 Å². The summed E-state index contributed by atoms with van der Waals surface area (Å²) >= 11 is 0. The highest BCUT2D eigenvalue weighted by Crippen LogP contribution is 2.42. The van der Waals surface area contributed by atoms with E-state index in [1.807, 2.05) is 47.8 Å². The van der Waals surface area contributed by atoms with Gasteiger partial charge in [0.15, 0.2) is 11.5 Å². The number of benzene rings is 3. The van der Waals surface area contributed by atoms with Crippen LogP contribution >= 0.6 is 0 Å². The molecule has 2 aromatic heterocycles. The Morgan fingerprint density at radius 3 is 2.42 bits per heavy atom. The van der Waals surface area contributed by atoms with Gasteiger partial charge in [-0.25, -0.2) is 4.98 Å². The molecule has 0 aliphatic carbocycles. The molecule has 294 valence electrons. The van der Waals surface area contributed by atoms with Crippen LogP contribution in [-0.2, 0) is 42.5 Å². The van der Waals surface area contributed by atoms with Gasteiger partial charge in [-0.05, 0) is 78.1 Å². The van der Waals surface area contributed by atoms with Crippen LogP contribution in [0.15, 0.2) is 79.0 Å². The molecule has 0 spiro atoms. The molecule has 0 saturated carbocycles. The molecule has 13 heteroatoms. The van der Waals surface area contributed by atoms with Crippen LogP contribution in [0.2, 0.25) is 0 Å². The predicted octanol–water partition coefficient (Wildman–Crippen LogP) is 5.54. The van der Waals surface area contributed by atoms with Crippen LogP contribution < -0.4 is 19.3 Å². The van der Waals surface area contributed by atoms with E-state index in [0.29, 0.717) is 70.7 Å². The third-order valence-electron chi connectivity index (χ3n) is 11.7. The molecule has 2 amide bonds. The first-order valence-electron chi connectivity index (χ1n) is 19.4. The van der Waals surface area contributed by atoms with Crippen molar-refractivity contribution in [1.29, 1.82) is 0 Å². The summed E-state index contributed by atoms with van der Waals surface area (Å²) in [5.41, 5.74) is 7.34. The maximum absolute atomic E-state index is 15.2. The summed E-state index contributed by atoms with van der Waals surface area (Å²) in [7, 11) is 5.49. The quantitative estimate of drug-likeness (QED) is 0.205. The number of methoxy groups -OCH3 is 1. The first-order valence-corrected chi connectivity index (χ1v) is 19.4. The zero-order chi connectivity index (χ0) is 39.2. The van der Waals surface area contributed by atoms with Crippen molar-refractivity contribution in [3.63, 3.8) is 0 Å². The Morgan fingerprint density at radius 1 is 0.895 bits per heavy atom. The van der Waals surface area contributed by atoms with Gasteiger partial charge in [0, 0.05) is 76.9 Å². The highest BCUT2D eigenvalue weighted by atomic mass is 16.7. The Balaban J connectivity index is 1.15. The fourth-order valence-corrected chi connectivity index (χ4v) is 8.59. The number of anilines is 3. The molecule has 6 heterocycles. The lowest BCUT2D eigenvalue weighted by Crippen LogP contribution is -2.52. The number of aromatic hydroxyl groups is 1. The standard InChI is InChI=1S/C44H46N6O7/c1-46-13-12-29-19-32(23-45-42(29)46)50(31-8-10-34(51)11-9-31)44(53)37-20-38(47(2)39(37)26-54-3)35-21-40-41(57-27-56-40)22-36(35)43(52)49-24-30-7-5-4-6-28(30)18-33(49)25-48-14-16-55-17-15-48/h4-11,19-23,33,51H,12-18,24-27H2,1-3H3/t33-/m0/s1. The second-order valence-corrected chi connectivity index (χ2v) is 15.1. The fourth-order valence-electron chi connectivity index (χ4n) is 8.59. The lowest BCUT2D eigenvalue weighted by atomic mass is 9.92. The van der Waals surface area contributed by atoms with Gasteiger partial charge >= 0.3 is 0 Å². The van der Waals surface area contributed by atoms with E-state index < -0.39 is 0 Å². The van der Waals surface area contributed by atoms with Crippen LogP contribution in [-0.4, -0.2) is 103 Å². The van der Waals surface area contributed by atoms with Crippen molar-refractivity contribution < 1.29 is 33.6 Å². The van der Waals surface area contributed by atoms with E-state index in [0.717, 1.165) is 56.0 Å². The molecule has 4 aliphatic rings. The van der Waals surface area contributed by atoms with Gasteiger partial charge in [0.1, 0.15) is 11.6 Å². The van der Waals surface area contributed by atoms with E-state index in [4.69, 9.17) is 23.9 Å². The maximum Gasteiger partial charge on any atom is 0.264 e. The SMILES string of the molecule is COCc1c(C(=O)N(c2ccc(O)cc2)c2cnc3c(c2)CCN3C)cc(-c2cc3c(cc2C(=O)N2Cc4ccccc4C[C@H]2CN2CCOCC2)OCO3)n1C. The van der Waals surface area contributed by atoms with Crippen molar-refractivity contribution in [2.45, 2.75) is 32.0 Å². The molecule has 0 bridgehead atoms. The average Bonchev–Trinajstić information content (AvgIpc) is 3.94. The number of carbonyl (C=O) groups is 2. The number of nitrogens with zero attached hydrogens (tertiary/aromatic N) is 6. The Bertz CT molecular complexity index is 2340. The number of fused-ring (bicyclic) bond motifs is 3. The van der Waals surface area contributed by atoms with E-state index >= 15 is 9.59 Å². The zero-order valence-electron chi connectivity index (χ0n) is 32.4. The van der Waals surface area contributed by atoms with Crippen molar-refractivity contribution >= 4 is 29.0 Å². The van der Waals surface area contributed by atoms with Crippen LogP contribution in [0, 0.1) is 0 Å². The number of amides is 2. The van der Waals surface area contributed by atoms with Crippen molar-refractivity contribution in [3.8, 4) is 28.5 Å². The van der Waals surface area contributed by atoms with Gasteiger partial charge in [-0.3, -0.25) is 19.4 Å². The third-order valence-corrected chi connectivity index (χ3v) is 11.7. The minimum atomic E-state index is -0.311. The summed E-state index contributed by atoms with van der Waals surface area (Å²) in [6.07, 6.45) is 3.26. The Hall–Kier alpha value is -5.89. The van der Waals surface area contributed by atoms with E-state index in [1.54, 1.807) is 48.5 Å². The van der Waals surface area contributed by atoms with E-state index in [1.165, 1.54) is 5.56 Å². The molecule has 3 aromatic carbocycles. The number of aromatic nitrogens is 2. The van der Waals surface area contributed by atoms with Gasteiger partial charge in [-0.2, -0.15) is 0 Å². The molecule has 9 rings (SSSR count). The zero-order valence-corrected chi connectivity index (χ0v) is 32.4. The number of phenols is 1. The molecular weight excluding hydrogens is 725 g/mol. The molecular formula is C44H46N6O7. The maximum atomic E-state index is 15.2. The summed E-state index contributed by atoms with van der Waals surface area (Å²) in [5.74, 6) is 1.57. The Kier molecular flexibility index (Phi) is 9.81. The number of hydrogen-bond donors (Lipinski definition) is 1. The van der Waals surface area contributed by atoms with Crippen molar-refractivity contribution in [2.24, 2.45) is 7.05 Å². The number of rotatable bonds is 9. The number of pyridine rings is 1. The first kappa shape index (κ1) is 36.7. The summed E-state index contributed by atoms with van der Waals surface area (Å²) in [6, 6.07) is 22.3. The second kappa shape index (κ2) is 15.2. The molecule has 0 unspecified atom stereocenters. The molecule has 1 saturated heterocycles. The molecule has 4 aliphatic heterocycles. The number of carbonyl (C=O) groups excluding carboxylic acids is 2. The minimum Gasteiger partial charge on any atom is -0.508 e. The molecule has 1 fully saturated rings. The van der Waals surface area contributed by atoms with E-state index in [2.05, 4.69) is 28.0 Å². The second-order valence-electron chi connectivity index (χ2n) is 15.1. The van der Waals surface area contributed by atoms with Gasteiger partial charge in [0.05, 0.1) is 48.5 Å². The molecule has 13 nitrogen and oxygen atoms in total. The number of hydrogen-bond acceptors (Lipinski definition) is 10. The van der Waals surface area contributed by atoms with Gasteiger partial charge in [-0.15, -0.1) is 0 Å². The van der Waals surface area contributed by atoms with Crippen molar-refractivity contribution in [2.75, 3.05) is 70.1 Å². The predicted molar refractivity (Wildman–Crippen MR) is 215 cm³/mol. The fraction of sp³-hybridized carbons (Fsp3) is 0.341. The highest BCUT2D eigenvalue weighted by molar-refractivity contribution is 6.13. The molecule has 0 radical (unpaired) electrons. The highest BCUT2D eigenvalue weighted by Gasteiger charge is 2.36. The summed E-state index contributed by atoms with van der Waals surface area (Å²) in [5, 5.41) is 10.2. The molecule has 5 aromatic rings. The van der Waals surface area contributed by atoms with Crippen molar-refractivity contribution in [3.05, 3.63) is 113 Å². The summed E-state index contributed by atoms with van der Waals surface area (Å²) in [6.45, 7) is 5.19. The topological polar surface area (TPSA) is 122 Å². The number of likely N-dealkylation sites (N-methyl/N-ethyl adjacent to an activating group) is 1. The molecule has 1 atom stereocenters. The lowest BCUT2D eigenvalue weighted by Gasteiger charge is -2.40. The number of morpholine rings is 1. The number of ether oxygens (including phenoxy) is 4. The van der Waals surface area contributed by atoms with Crippen LogP contribution in [0.25, 0.3) is 11.3 Å². The molecule has 57 heavy (non-hydrogen) atoms. The van der Waals surface area contributed by atoms with Crippen LogP contribution in [0.3, 0.4) is 0 Å². The largest absolute Gasteiger partial charge is 0.508 e. The van der Waals surface area contributed by atoms with Crippen LogP contribution in [0.4, 0.5) is 17.2 Å². The Labute approximate surface area is 331 Å². The Morgan fingerprint density at radius 2 is 1.65 bits per heavy atom. The number of phenolic OH excluding ortho intramolecular Hbond substituents is 1. The normalized spacial score (nSPS) is 17.4. The molecule has 1 N–H and O–H groups in total. The van der Waals surface area contributed by atoms with Crippen LogP contribution in [0.1, 0.15) is 43.1 Å². The van der Waals surface area contributed by atoms with Gasteiger partial charge in [0.2, 0.25) is 6.79 Å². The third kappa shape index (κ3) is 6.85. The monoisotopic (exact) mass is 770 g/mol. The van der Waals surface area contributed by atoms with Crippen LogP contribution in [0.5, 0.6) is 17.2 Å². The summed E-state index contributed by atoms with van der Waals surface area (Å²) in [4.78, 5) is 43.1. The van der Waals surface area contributed by atoms with Gasteiger partial charge < -0.3 is 38.4 Å². The van der Waals surface area contributed by atoms with Crippen molar-refractivity contribution in [1.82, 2.24) is 19.4 Å². The minimum absolute atomic E-state index is 0.0428. The van der Waals surface area contributed by atoms with E-state index in [-0.39, 0.29) is 37.0 Å². The lowest BCUT2D eigenvalue weighted by molar-refractivity contribution is 0.0193. The van der Waals surface area contributed by atoms with Gasteiger partial charge in [0.25, 0.3) is 11.8 Å². The smallest absolute Gasteiger partial charge is 0.264 e.